The SMILES string of the molecule is CN(c1nccnc1CNc1nc(Nc2ccc(N3CCN(Cc4ccc5c(c4Br)C(=O)N(C4CCC(=O)NC4=O)C5=O)CC3)cc2)ncc1C(F)(F)F)S(C)(=O)=O. The summed E-state index contributed by atoms with van der Waals surface area (Å²) in [6, 6.07) is 9.56. The zero-order chi connectivity index (χ0) is 41.5. The number of piperazine rings is 1. The second kappa shape index (κ2) is 15.9. The number of anilines is 5. The molecule has 304 valence electrons. The van der Waals surface area contributed by atoms with Gasteiger partial charge in [-0.3, -0.25) is 43.6 Å². The van der Waals surface area contributed by atoms with Crippen molar-refractivity contribution in [2.75, 3.05) is 59.3 Å². The quantitative estimate of drug-likeness (QED) is 0.185. The summed E-state index contributed by atoms with van der Waals surface area (Å²) in [7, 11) is -2.46. The summed E-state index contributed by atoms with van der Waals surface area (Å²) in [6.07, 6.45) is -0.503. The second-order valence-electron chi connectivity index (χ2n) is 13.7. The van der Waals surface area contributed by atoms with Gasteiger partial charge in [-0.1, -0.05) is 6.07 Å². The smallest absolute Gasteiger partial charge is 0.369 e. The summed E-state index contributed by atoms with van der Waals surface area (Å²) in [5.74, 6) is -2.97. The molecule has 58 heavy (non-hydrogen) atoms. The van der Waals surface area contributed by atoms with Gasteiger partial charge < -0.3 is 15.5 Å². The fourth-order valence-electron chi connectivity index (χ4n) is 6.83. The van der Waals surface area contributed by atoms with Crippen LogP contribution >= 0.6 is 15.9 Å². The summed E-state index contributed by atoms with van der Waals surface area (Å²) in [5.41, 5.74) is 1.58. The summed E-state index contributed by atoms with van der Waals surface area (Å²) < 4.78 is 67.3. The van der Waals surface area contributed by atoms with Crippen molar-refractivity contribution in [3.05, 3.63) is 87.4 Å². The number of benzene rings is 2. The average molecular weight is 887 g/mol. The first-order chi connectivity index (χ1) is 27.5. The van der Waals surface area contributed by atoms with Gasteiger partial charge in [0.15, 0.2) is 5.82 Å². The highest BCUT2D eigenvalue weighted by Crippen LogP contribution is 2.36. The van der Waals surface area contributed by atoms with Gasteiger partial charge in [0, 0.05) is 80.6 Å². The minimum atomic E-state index is -4.79. The highest BCUT2D eigenvalue weighted by Gasteiger charge is 2.46. The molecule has 17 nitrogen and oxygen atoms in total. The largest absolute Gasteiger partial charge is 0.421 e. The molecule has 3 aliphatic rings. The highest BCUT2D eigenvalue weighted by atomic mass is 79.9. The number of nitrogens with one attached hydrogen (secondary N) is 3. The van der Waals surface area contributed by atoms with Crippen LogP contribution in [0.3, 0.4) is 0 Å². The summed E-state index contributed by atoms with van der Waals surface area (Å²) in [4.78, 5) is 72.1. The van der Waals surface area contributed by atoms with Gasteiger partial charge in [0.2, 0.25) is 27.8 Å². The first-order valence-corrected chi connectivity index (χ1v) is 20.4. The predicted octanol–water partition coefficient (Wildman–Crippen LogP) is 3.52. The van der Waals surface area contributed by atoms with Gasteiger partial charge in [-0.05, 0) is 58.2 Å². The topological polar surface area (TPSA) is 203 Å². The van der Waals surface area contributed by atoms with E-state index in [2.05, 4.69) is 61.6 Å². The minimum Gasteiger partial charge on any atom is -0.369 e. The van der Waals surface area contributed by atoms with Crippen molar-refractivity contribution in [2.45, 2.75) is 38.1 Å². The molecule has 0 saturated carbocycles. The molecule has 7 rings (SSSR count). The number of carbonyl (C=O) groups excluding carboxylic acids is 4. The molecule has 22 heteroatoms. The van der Waals surface area contributed by atoms with E-state index in [1.807, 2.05) is 12.1 Å². The number of sulfonamides is 1. The van der Waals surface area contributed by atoms with E-state index in [4.69, 9.17) is 0 Å². The molecule has 0 bridgehead atoms. The van der Waals surface area contributed by atoms with E-state index < -0.39 is 57.3 Å². The lowest BCUT2D eigenvalue weighted by molar-refractivity contribution is -0.138. The van der Waals surface area contributed by atoms with Gasteiger partial charge in [-0.15, -0.1) is 0 Å². The number of imide groups is 2. The van der Waals surface area contributed by atoms with Crippen molar-refractivity contribution in [1.82, 2.24) is 35.1 Å². The van der Waals surface area contributed by atoms with Crippen LogP contribution in [-0.2, 0) is 38.9 Å². The Kier molecular flexibility index (Phi) is 11.1. The maximum absolute atomic E-state index is 13.9. The van der Waals surface area contributed by atoms with Crippen molar-refractivity contribution in [3.8, 4) is 0 Å². The number of alkyl halides is 3. The minimum absolute atomic E-state index is 0.0333. The number of halogens is 4. The predicted molar refractivity (Wildman–Crippen MR) is 208 cm³/mol. The van der Waals surface area contributed by atoms with Crippen LogP contribution in [-0.4, -0.2) is 107 Å². The maximum Gasteiger partial charge on any atom is 0.421 e. The lowest BCUT2D eigenvalue weighted by Gasteiger charge is -2.36. The third kappa shape index (κ3) is 8.29. The van der Waals surface area contributed by atoms with E-state index in [-0.39, 0.29) is 48.0 Å². The van der Waals surface area contributed by atoms with Crippen molar-refractivity contribution in [1.29, 1.82) is 0 Å². The second-order valence-corrected chi connectivity index (χ2v) is 16.5. The van der Waals surface area contributed by atoms with Gasteiger partial charge in [-0.2, -0.15) is 18.2 Å². The van der Waals surface area contributed by atoms with Crippen molar-refractivity contribution in [3.63, 3.8) is 0 Å². The van der Waals surface area contributed by atoms with Gasteiger partial charge in [0.05, 0.1) is 23.9 Å². The van der Waals surface area contributed by atoms with Crippen LogP contribution in [0.5, 0.6) is 0 Å². The summed E-state index contributed by atoms with van der Waals surface area (Å²) in [5, 5.41) is 7.74. The van der Waals surface area contributed by atoms with Crippen LogP contribution in [0.2, 0.25) is 0 Å². The molecule has 2 aromatic carbocycles. The zero-order valence-corrected chi connectivity index (χ0v) is 33.3. The van der Waals surface area contributed by atoms with Crippen molar-refractivity contribution < 1.29 is 40.8 Å². The first kappa shape index (κ1) is 40.5. The van der Waals surface area contributed by atoms with E-state index in [0.717, 1.165) is 26.7 Å². The number of amides is 4. The monoisotopic (exact) mass is 885 g/mol. The molecule has 4 amide bonds. The molecule has 2 saturated heterocycles. The third-order valence-corrected chi connectivity index (χ3v) is 12.0. The van der Waals surface area contributed by atoms with E-state index in [0.29, 0.717) is 49.1 Å². The Morgan fingerprint density at radius 1 is 0.966 bits per heavy atom. The Morgan fingerprint density at radius 3 is 2.34 bits per heavy atom. The molecule has 2 aromatic heterocycles. The standard InChI is InChI=1S/C36H35BrF3N11O6S/c1-48(58(2,56)57)31-25(41-11-12-42-31)18-43-30-24(36(38,39)40)17-44-35(47-30)45-21-4-6-22(7-5-21)50-15-13-49(14-16-50)19-20-3-8-23-28(29(20)37)34(55)51(33(23)54)26-9-10-27(52)46-32(26)53/h3-8,11-12,17,26H,9-10,13-16,18-19H2,1-2H3,(H,46,52,53)(H2,43,44,45,47). The molecule has 3 aliphatic heterocycles. The van der Waals surface area contributed by atoms with Crippen molar-refractivity contribution >= 4 is 78.5 Å². The summed E-state index contributed by atoms with van der Waals surface area (Å²) in [6.45, 7) is 2.86. The molecular weight excluding hydrogens is 851 g/mol. The van der Waals surface area contributed by atoms with Gasteiger partial charge in [0.25, 0.3) is 11.8 Å². The lowest BCUT2D eigenvalue weighted by atomic mass is 10.0. The number of fused-ring (bicyclic) bond motifs is 1. The molecule has 0 radical (unpaired) electrons. The number of nitrogens with zero attached hydrogens (tertiary/aromatic N) is 8. The van der Waals surface area contributed by atoms with E-state index in [1.165, 1.54) is 19.4 Å². The third-order valence-electron chi connectivity index (χ3n) is 9.95. The van der Waals surface area contributed by atoms with Crippen LogP contribution < -0.4 is 25.2 Å². The van der Waals surface area contributed by atoms with Crippen LogP contribution in [0.25, 0.3) is 0 Å². The number of hydrogen-bond acceptors (Lipinski definition) is 14. The number of piperidine rings is 1. The van der Waals surface area contributed by atoms with Crippen LogP contribution in [0.4, 0.5) is 42.1 Å². The fraction of sp³-hybridized carbons (Fsp3) is 0.333. The molecule has 0 aliphatic carbocycles. The van der Waals surface area contributed by atoms with Crippen LogP contribution in [0.1, 0.15) is 50.4 Å². The van der Waals surface area contributed by atoms with E-state index in [1.54, 1.807) is 24.3 Å². The van der Waals surface area contributed by atoms with Gasteiger partial charge >= 0.3 is 6.18 Å². The Labute approximate surface area is 338 Å². The fourth-order valence-corrected chi connectivity index (χ4v) is 7.94. The number of hydrogen-bond donors (Lipinski definition) is 3. The highest BCUT2D eigenvalue weighted by molar-refractivity contribution is 9.10. The first-order valence-electron chi connectivity index (χ1n) is 17.8. The average Bonchev–Trinajstić information content (AvgIpc) is 3.43. The molecule has 2 fully saturated rings. The Hall–Kier alpha value is -5.74. The lowest BCUT2D eigenvalue weighted by Crippen LogP contribution is -2.54. The molecule has 5 heterocycles. The number of carbonyl (C=O) groups is 4. The molecule has 1 unspecified atom stereocenters. The zero-order valence-electron chi connectivity index (χ0n) is 30.9. The van der Waals surface area contributed by atoms with Gasteiger partial charge in [-0.25, -0.2) is 18.4 Å². The molecule has 1 atom stereocenters. The molecule has 3 N–H and O–H groups in total. The van der Waals surface area contributed by atoms with Crippen LogP contribution in [0, 0.1) is 0 Å². The Bertz CT molecular complexity index is 2410. The number of rotatable bonds is 11. The van der Waals surface area contributed by atoms with E-state index >= 15 is 0 Å². The van der Waals surface area contributed by atoms with Gasteiger partial charge in [0.1, 0.15) is 23.1 Å². The Morgan fingerprint density at radius 2 is 1.67 bits per heavy atom. The molecule has 0 spiro atoms. The molecule has 4 aromatic rings. The van der Waals surface area contributed by atoms with E-state index in [9.17, 15) is 40.8 Å². The van der Waals surface area contributed by atoms with Crippen LogP contribution in [0.15, 0.2) is 59.5 Å². The Balaban J connectivity index is 0.970. The number of aromatic nitrogens is 4. The summed E-state index contributed by atoms with van der Waals surface area (Å²) >= 11 is 3.54. The maximum atomic E-state index is 13.9. The van der Waals surface area contributed by atoms with Crippen molar-refractivity contribution in [2.24, 2.45) is 0 Å². The normalized spacial score (nSPS) is 17.7. The molecular formula is C36H35BrF3N11O6S.